The lowest BCUT2D eigenvalue weighted by Gasteiger charge is -2.44. The lowest BCUT2D eigenvalue weighted by molar-refractivity contribution is 0.0209. The summed E-state index contributed by atoms with van der Waals surface area (Å²) >= 11 is 5.19. The minimum Gasteiger partial charge on any atom is -0.444 e. The zero-order chi connectivity index (χ0) is 30.8. The fourth-order valence-electron chi connectivity index (χ4n) is 5.94. The van der Waals surface area contributed by atoms with E-state index in [0.717, 1.165) is 20.8 Å². The van der Waals surface area contributed by atoms with Gasteiger partial charge in [-0.25, -0.2) is 9.78 Å². The van der Waals surface area contributed by atoms with E-state index in [4.69, 9.17) is 14.1 Å². The first-order valence-corrected chi connectivity index (χ1v) is 18.3. The number of ether oxygens (including phenoxy) is 1. The maximum atomic E-state index is 13.7. The number of carbonyl (C=O) groups excluding carboxylic acids is 1. The molecular weight excluding hydrogens is 636 g/mol. The maximum absolute atomic E-state index is 13.7. The minimum absolute atomic E-state index is 0.163. The van der Waals surface area contributed by atoms with Crippen molar-refractivity contribution >= 4 is 52.1 Å². The van der Waals surface area contributed by atoms with Crippen LogP contribution >= 0.6 is 27.3 Å². The van der Waals surface area contributed by atoms with Crippen LogP contribution in [-0.2, 0) is 15.6 Å². The Labute approximate surface area is 269 Å². The molecule has 0 aliphatic carbocycles. The Hall–Kier alpha value is -2.78. The molecule has 1 aliphatic rings. The predicted molar refractivity (Wildman–Crippen MR) is 182 cm³/mol. The Morgan fingerprint density at radius 1 is 0.930 bits per heavy atom. The van der Waals surface area contributed by atoms with Crippen LogP contribution in [0, 0.1) is 0 Å². The van der Waals surface area contributed by atoms with Crippen LogP contribution in [0.1, 0.15) is 69.5 Å². The number of aromatic nitrogens is 1. The molecule has 4 aromatic rings. The molecule has 2 atom stereocenters. The van der Waals surface area contributed by atoms with Crippen molar-refractivity contribution < 1.29 is 14.0 Å². The fraction of sp³-hybridized carbons (Fsp3) is 0.371. The van der Waals surface area contributed by atoms with Gasteiger partial charge in [0.1, 0.15) is 10.6 Å². The number of likely N-dealkylation sites (tertiary alicyclic amines) is 1. The average Bonchev–Trinajstić information content (AvgIpc) is 3.59. The van der Waals surface area contributed by atoms with Crippen LogP contribution in [0.5, 0.6) is 0 Å². The number of nitrogens with zero attached hydrogens (tertiary/aromatic N) is 2. The van der Waals surface area contributed by atoms with E-state index in [0.29, 0.717) is 13.0 Å². The number of benzene rings is 3. The summed E-state index contributed by atoms with van der Waals surface area (Å²) in [4.78, 5) is 21.5. The van der Waals surface area contributed by atoms with E-state index >= 15 is 0 Å². The molecule has 0 radical (unpaired) electrons. The van der Waals surface area contributed by atoms with Crippen LogP contribution in [0.15, 0.2) is 95.6 Å². The van der Waals surface area contributed by atoms with Crippen molar-refractivity contribution in [1.29, 1.82) is 0 Å². The molecule has 0 N–H and O–H groups in total. The highest BCUT2D eigenvalue weighted by Crippen LogP contribution is 2.42. The summed E-state index contributed by atoms with van der Waals surface area (Å²) in [6.45, 7) is 13.0. The van der Waals surface area contributed by atoms with Crippen LogP contribution in [0.4, 0.5) is 4.79 Å². The number of hydrogen-bond donors (Lipinski definition) is 0. The van der Waals surface area contributed by atoms with Crippen LogP contribution in [0.25, 0.3) is 0 Å². The van der Waals surface area contributed by atoms with Crippen LogP contribution < -0.4 is 10.4 Å². The molecular formula is C35H41BrN2O3SSi. The van der Waals surface area contributed by atoms with E-state index in [2.05, 4.69) is 122 Å². The summed E-state index contributed by atoms with van der Waals surface area (Å²) in [5.41, 5.74) is 0.621. The summed E-state index contributed by atoms with van der Waals surface area (Å²) in [5.74, 6) is 0. The summed E-state index contributed by atoms with van der Waals surface area (Å²) in [6.07, 6.45) is 2.91. The summed E-state index contributed by atoms with van der Waals surface area (Å²) in [6, 6.07) is 29.5. The second kappa shape index (κ2) is 12.7. The van der Waals surface area contributed by atoms with E-state index in [1.165, 1.54) is 15.9 Å². The first-order valence-electron chi connectivity index (χ1n) is 14.8. The van der Waals surface area contributed by atoms with Crippen molar-refractivity contribution in [2.45, 2.75) is 77.2 Å². The molecule has 5 rings (SSSR count). The Balaban J connectivity index is 1.50. The Kier molecular flexibility index (Phi) is 9.33. The Bertz CT molecular complexity index is 1480. The summed E-state index contributed by atoms with van der Waals surface area (Å²) < 4.78 is 14.5. The number of carbonyl (C=O) groups is 1. The van der Waals surface area contributed by atoms with Crippen molar-refractivity contribution in [3.63, 3.8) is 0 Å². The number of thiazole rings is 1. The van der Waals surface area contributed by atoms with E-state index in [-0.39, 0.29) is 23.3 Å². The highest BCUT2D eigenvalue weighted by Gasteiger charge is 2.53. The third kappa shape index (κ3) is 7.14. The molecule has 1 saturated heterocycles. The normalized spacial score (nSPS) is 17.7. The molecule has 8 heteroatoms. The zero-order valence-corrected chi connectivity index (χ0v) is 29.2. The molecule has 5 nitrogen and oxygen atoms in total. The van der Waals surface area contributed by atoms with Gasteiger partial charge in [0.25, 0.3) is 8.32 Å². The lowest BCUT2D eigenvalue weighted by Crippen LogP contribution is -2.67. The maximum Gasteiger partial charge on any atom is 0.410 e. The topological polar surface area (TPSA) is 51.7 Å². The van der Waals surface area contributed by atoms with Gasteiger partial charge in [-0.1, -0.05) is 109 Å². The molecule has 1 aliphatic heterocycles. The third-order valence-electron chi connectivity index (χ3n) is 7.80. The van der Waals surface area contributed by atoms with E-state index < -0.39 is 13.9 Å². The standard InChI is InChI=1S/C35H41BrN2O3SSi/c1-34(2,3)40-33(39)38-24-27(22-31(38)32-37-23-28(42-32)21-25-17-19-26(36)20-18-25)41-43(35(4,5)6,29-13-9-7-10-14-29)30-15-11-8-12-16-30/h7-20,23,27,31H,21-22,24H2,1-6H3/t27-,31+/m1/s1. The van der Waals surface area contributed by atoms with Gasteiger partial charge in [-0.15, -0.1) is 11.3 Å². The van der Waals surface area contributed by atoms with Gasteiger partial charge in [-0.2, -0.15) is 0 Å². The van der Waals surface area contributed by atoms with Crippen LogP contribution in [0.3, 0.4) is 0 Å². The van der Waals surface area contributed by atoms with Crippen molar-refractivity contribution in [3.05, 3.63) is 111 Å². The first-order chi connectivity index (χ1) is 20.4. The SMILES string of the molecule is CC(C)(C)OC(=O)N1C[C@H](O[Si](c2ccccc2)(c2ccccc2)C(C)(C)C)C[C@H]1c1ncc(Cc2ccc(Br)cc2)s1. The molecule has 0 unspecified atom stereocenters. The van der Waals surface area contributed by atoms with Gasteiger partial charge < -0.3 is 9.16 Å². The van der Waals surface area contributed by atoms with Crippen LogP contribution in [-0.4, -0.2) is 42.5 Å². The second-order valence-electron chi connectivity index (χ2n) is 13.3. The molecule has 1 amide bonds. The van der Waals surface area contributed by atoms with E-state index in [9.17, 15) is 4.79 Å². The van der Waals surface area contributed by atoms with Gasteiger partial charge in [0.15, 0.2) is 0 Å². The molecule has 1 fully saturated rings. The number of hydrogen-bond acceptors (Lipinski definition) is 5. The van der Waals surface area contributed by atoms with Crippen molar-refractivity contribution in [2.24, 2.45) is 0 Å². The van der Waals surface area contributed by atoms with E-state index in [1.807, 2.05) is 31.9 Å². The molecule has 0 spiro atoms. The Morgan fingerprint density at radius 3 is 2.05 bits per heavy atom. The van der Waals surface area contributed by atoms with Crippen molar-refractivity contribution in [3.8, 4) is 0 Å². The second-order valence-corrected chi connectivity index (χ2v) is 19.6. The molecule has 0 bridgehead atoms. The van der Waals surface area contributed by atoms with Gasteiger partial charge in [0, 0.05) is 34.9 Å². The number of amides is 1. The fourth-order valence-corrected chi connectivity index (χ4v) is 12.0. The third-order valence-corrected chi connectivity index (χ3v) is 14.5. The summed E-state index contributed by atoms with van der Waals surface area (Å²) in [5, 5.41) is 3.22. The molecule has 1 aromatic heterocycles. The molecule has 2 heterocycles. The van der Waals surface area contributed by atoms with Crippen LogP contribution in [0.2, 0.25) is 5.04 Å². The predicted octanol–water partition coefficient (Wildman–Crippen LogP) is 8.12. The number of halogens is 1. The smallest absolute Gasteiger partial charge is 0.410 e. The zero-order valence-electron chi connectivity index (χ0n) is 25.8. The van der Waals surface area contributed by atoms with Gasteiger partial charge in [-0.3, -0.25) is 4.90 Å². The largest absolute Gasteiger partial charge is 0.444 e. The van der Waals surface area contributed by atoms with Gasteiger partial charge in [-0.05, 0) is 53.9 Å². The van der Waals surface area contributed by atoms with E-state index in [1.54, 1.807) is 11.3 Å². The monoisotopic (exact) mass is 676 g/mol. The lowest BCUT2D eigenvalue weighted by atomic mass is 10.1. The van der Waals surface area contributed by atoms with Gasteiger partial charge in [0.05, 0.1) is 12.1 Å². The minimum atomic E-state index is -2.81. The molecule has 3 aromatic carbocycles. The average molecular weight is 678 g/mol. The highest BCUT2D eigenvalue weighted by molar-refractivity contribution is 9.10. The molecule has 226 valence electrons. The molecule has 43 heavy (non-hydrogen) atoms. The van der Waals surface area contributed by atoms with Crippen molar-refractivity contribution in [1.82, 2.24) is 9.88 Å². The molecule has 0 saturated carbocycles. The first kappa shape index (κ1) is 31.6. The highest BCUT2D eigenvalue weighted by atomic mass is 79.9. The Morgan fingerprint density at radius 2 is 1.51 bits per heavy atom. The summed E-state index contributed by atoms with van der Waals surface area (Å²) in [7, 11) is -2.81. The quantitative estimate of drug-likeness (QED) is 0.186. The van der Waals surface area contributed by atoms with Crippen molar-refractivity contribution in [2.75, 3.05) is 6.54 Å². The van der Waals surface area contributed by atoms with Gasteiger partial charge in [0.2, 0.25) is 0 Å². The van der Waals surface area contributed by atoms with Gasteiger partial charge >= 0.3 is 6.09 Å². The number of rotatable bonds is 7.